The highest BCUT2D eigenvalue weighted by atomic mass is 15.4. The van der Waals surface area contributed by atoms with Gasteiger partial charge in [0, 0.05) is 12.4 Å². The Hall–Kier alpha value is -2.37. The van der Waals surface area contributed by atoms with Gasteiger partial charge in [-0.1, -0.05) is 13.8 Å². The third-order valence-electron chi connectivity index (χ3n) is 2.89. The molecule has 0 aliphatic heterocycles. The monoisotopic (exact) mass is 242 g/mol. The lowest BCUT2D eigenvalue weighted by Crippen LogP contribution is -1.99. The minimum absolute atomic E-state index is 0.287. The van der Waals surface area contributed by atoms with E-state index >= 15 is 0 Å². The molecule has 3 aromatic rings. The molecule has 0 aliphatic carbocycles. The fourth-order valence-corrected chi connectivity index (χ4v) is 2.03. The van der Waals surface area contributed by atoms with Gasteiger partial charge in [0.15, 0.2) is 5.65 Å². The third-order valence-corrected chi connectivity index (χ3v) is 2.89. The number of rotatable bonds is 2. The maximum absolute atomic E-state index is 5.92. The van der Waals surface area contributed by atoms with Crippen molar-refractivity contribution in [2.75, 3.05) is 5.73 Å². The lowest BCUT2D eigenvalue weighted by atomic mass is 10.1. The minimum atomic E-state index is 0.287. The quantitative estimate of drug-likeness (QED) is 0.718. The number of hydrogen-bond acceptors (Lipinski definition) is 4. The maximum atomic E-state index is 5.92. The van der Waals surface area contributed by atoms with Crippen LogP contribution in [-0.4, -0.2) is 25.0 Å². The molecule has 0 bridgehead atoms. The van der Waals surface area contributed by atoms with Crippen LogP contribution in [0.1, 0.15) is 25.5 Å². The van der Waals surface area contributed by atoms with Crippen molar-refractivity contribution < 1.29 is 0 Å². The van der Waals surface area contributed by atoms with Gasteiger partial charge >= 0.3 is 0 Å². The van der Waals surface area contributed by atoms with Gasteiger partial charge in [-0.3, -0.25) is 10.1 Å². The molecule has 6 nitrogen and oxygen atoms in total. The molecule has 0 amide bonds. The number of nitrogens with zero attached hydrogens (tertiary/aromatic N) is 4. The Balaban J connectivity index is 2.31. The van der Waals surface area contributed by atoms with Gasteiger partial charge in [-0.25, -0.2) is 4.68 Å². The van der Waals surface area contributed by atoms with Crippen molar-refractivity contribution in [3.05, 3.63) is 30.2 Å². The second kappa shape index (κ2) is 3.83. The first-order chi connectivity index (χ1) is 8.68. The van der Waals surface area contributed by atoms with Crippen molar-refractivity contribution in [2.24, 2.45) is 0 Å². The minimum Gasteiger partial charge on any atom is -0.383 e. The van der Waals surface area contributed by atoms with Crippen molar-refractivity contribution in [1.29, 1.82) is 0 Å². The zero-order valence-corrected chi connectivity index (χ0v) is 10.3. The molecule has 18 heavy (non-hydrogen) atoms. The van der Waals surface area contributed by atoms with Crippen LogP contribution in [0.2, 0.25) is 0 Å². The summed E-state index contributed by atoms with van der Waals surface area (Å²) in [5.74, 6) is 0.851. The van der Waals surface area contributed by atoms with E-state index in [1.165, 1.54) is 0 Å². The highest BCUT2D eigenvalue weighted by Crippen LogP contribution is 2.29. The van der Waals surface area contributed by atoms with E-state index in [0.29, 0.717) is 5.82 Å². The summed E-state index contributed by atoms with van der Waals surface area (Å²) in [7, 11) is 0. The average molecular weight is 242 g/mol. The molecule has 0 aromatic carbocycles. The summed E-state index contributed by atoms with van der Waals surface area (Å²) in [6.07, 6.45) is 3.46. The Bertz CT molecular complexity index is 679. The second-order valence-electron chi connectivity index (χ2n) is 4.49. The average Bonchev–Trinajstić information content (AvgIpc) is 2.92. The van der Waals surface area contributed by atoms with Crippen molar-refractivity contribution in [2.45, 2.75) is 19.8 Å². The third kappa shape index (κ3) is 1.46. The molecule has 3 heterocycles. The normalized spacial score (nSPS) is 11.5. The summed E-state index contributed by atoms with van der Waals surface area (Å²) in [6.45, 7) is 4.18. The van der Waals surface area contributed by atoms with Gasteiger partial charge in [-0.2, -0.15) is 10.2 Å². The molecule has 3 N–H and O–H groups in total. The summed E-state index contributed by atoms with van der Waals surface area (Å²) in [6, 6.07) is 3.78. The SMILES string of the molecule is CC(C)c1nn(-c2ccncc2)c2n[nH]c(N)c12. The Morgan fingerprint density at radius 2 is 2.00 bits per heavy atom. The van der Waals surface area contributed by atoms with Crippen LogP contribution in [-0.2, 0) is 0 Å². The molecule has 3 rings (SSSR count). The first-order valence-electron chi connectivity index (χ1n) is 5.81. The fraction of sp³-hybridized carbons (Fsp3) is 0.250. The summed E-state index contributed by atoms with van der Waals surface area (Å²) in [5, 5.41) is 12.6. The number of aromatic nitrogens is 5. The highest BCUT2D eigenvalue weighted by molar-refractivity contribution is 5.90. The van der Waals surface area contributed by atoms with Gasteiger partial charge in [0.2, 0.25) is 0 Å². The van der Waals surface area contributed by atoms with Crippen LogP contribution in [0.25, 0.3) is 16.7 Å². The molecular weight excluding hydrogens is 228 g/mol. The number of aromatic amines is 1. The molecule has 0 saturated heterocycles. The zero-order chi connectivity index (χ0) is 12.7. The van der Waals surface area contributed by atoms with Gasteiger partial charge in [0.25, 0.3) is 0 Å². The van der Waals surface area contributed by atoms with Crippen LogP contribution >= 0.6 is 0 Å². The van der Waals surface area contributed by atoms with Gasteiger partial charge < -0.3 is 5.73 Å². The second-order valence-corrected chi connectivity index (χ2v) is 4.49. The van der Waals surface area contributed by atoms with Crippen LogP contribution in [0.5, 0.6) is 0 Å². The molecule has 0 unspecified atom stereocenters. The predicted molar refractivity (Wildman–Crippen MR) is 69.5 cm³/mol. The van der Waals surface area contributed by atoms with Crippen LogP contribution in [0, 0.1) is 0 Å². The molecule has 0 spiro atoms. The number of nitrogens with one attached hydrogen (secondary N) is 1. The van der Waals surface area contributed by atoms with E-state index in [0.717, 1.165) is 22.4 Å². The standard InChI is InChI=1S/C12H14N6/c1-7(2)10-9-11(13)15-16-12(9)18(17-10)8-3-5-14-6-4-8/h3-7H,1-2H3,(H3,13,15,16). The number of nitrogen functional groups attached to an aromatic ring is 1. The van der Waals surface area contributed by atoms with Gasteiger partial charge in [-0.15, -0.1) is 0 Å². The van der Waals surface area contributed by atoms with Crippen LogP contribution < -0.4 is 5.73 Å². The molecular formula is C12H14N6. The van der Waals surface area contributed by atoms with E-state index in [-0.39, 0.29) is 5.92 Å². The topological polar surface area (TPSA) is 85.4 Å². The van der Waals surface area contributed by atoms with Crippen LogP contribution in [0.3, 0.4) is 0 Å². The van der Waals surface area contributed by atoms with Crippen molar-refractivity contribution in [3.8, 4) is 5.69 Å². The Morgan fingerprint density at radius 1 is 1.28 bits per heavy atom. The van der Waals surface area contributed by atoms with Gasteiger partial charge in [-0.05, 0) is 18.1 Å². The molecule has 0 atom stereocenters. The Labute approximate surface area is 104 Å². The molecule has 0 saturated carbocycles. The molecule has 92 valence electrons. The number of hydrogen-bond donors (Lipinski definition) is 2. The van der Waals surface area contributed by atoms with Crippen molar-refractivity contribution in [3.63, 3.8) is 0 Å². The summed E-state index contributed by atoms with van der Waals surface area (Å²) >= 11 is 0. The summed E-state index contributed by atoms with van der Waals surface area (Å²) in [5.41, 5.74) is 8.55. The molecule has 0 fully saturated rings. The highest BCUT2D eigenvalue weighted by Gasteiger charge is 2.19. The molecule has 3 aromatic heterocycles. The summed E-state index contributed by atoms with van der Waals surface area (Å²) in [4.78, 5) is 4.00. The van der Waals surface area contributed by atoms with E-state index in [4.69, 9.17) is 5.73 Å². The van der Waals surface area contributed by atoms with E-state index in [1.807, 2.05) is 12.1 Å². The van der Waals surface area contributed by atoms with E-state index < -0.39 is 0 Å². The molecule has 6 heteroatoms. The van der Waals surface area contributed by atoms with Crippen molar-refractivity contribution >= 4 is 16.9 Å². The lowest BCUT2D eigenvalue weighted by Gasteiger charge is -2.01. The summed E-state index contributed by atoms with van der Waals surface area (Å²) < 4.78 is 1.79. The maximum Gasteiger partial charge on any atom is 0.186 e. The van der Waals surface area contributed by atoms with E-state index in [1.54, 1.807) is 17.1 Å². The van der Waals surface area contributed by atoms with Gasteiger partial charge in [0.1, 0.15) is 5.82 Å². The smallest absolute Gasteiger partial charge is 0.186 e. The molecule has 0 radical (unpaired) electrons. The predicted octanol–water partition coefficient (Wildman–Crippen LogP) is 1.85. The fourth-order valence-electron chi connectivity index (χ4n) is 2.03. The first-order valence-corrected chi connectivity index (χ1v) is 5.81. The van der Waals surface area contributed by atoms with Gasteiger partial charge in [0.05, 0.1) is 16.8 Å². The number of H-pyrrole nitrogens is 1. The number of pyridine rings is 1. The number of anilines is 1. The van der Waals surface area contributed by atoms with Crippen molar-refractivity contribution in [1.82, 2.24) is 25.0 Å². The molecule has 0 aliphatic rings. The lowest BCUT2D eigenvalue weighted by molar-refractivity contribution is 0.771. The van der Waals surface area contributed by atoms with E-state index in [9.17, 15) is 0 Å². The first kappa shape index (κ1) is 10.8. The Kier molecular flexibility index (Phi) is 2.29. The zero-order valence-electron chi connectivity index (χ0n) is 10.3. The Morgan fingerprint density at radius 3 is 2.67 bits per heavy atom. The van der Waals surface area contributed by atoms with E-state index in [2.05, 4.69) is 34.1 Å². The number of nitrogens with two attached hydrogens (primary N) is 1. The van der Waals surface area contributed by atoms with Crippen LogP contribution in [0.15, 0.2) is 24.5 Å². The van der Waals surface area contributed by atoms with Crippen LogP contribution in [0.4, 0.5) is 5.82 Å². The largest absolute Gasteiger partial charge is 0.383 e. The number of fused-ring (bicyclic) bond motifs is 1.